The van der Waals surface area contributed by atoms with Crippen molar-refractivity contribution in [3.05, 3.63) is 71.2 Å². The van der Waals surface area contributed by atoms with Crippen molar-refractivity contribution in [2.24, 2.45) is 0 Å². The van der Waals surface area contributed by atoms with Gasteiger partial charge in [-0.25, -0.2) is 4.98 Å². The number of nitrogens with zero attached hydrogens (tertiary/aromatic N) is 1. The number of carbonyl (C=O) groups is 1. The van der Waals surface area contributed by atoms with Crippen LogP contribution in [-0.4, -0.2) is 10.9 Å². The van der Waals surface area contributed by atoms with E-state index >= 15 is 0 Å². The zero-order chi connectivity index (χ0) is 19.4. The maximum absolute atomic E-state index is 13.1. The summed E-state index contributed by atoms with van der Waals surface area (Å²) < 4.78 is 44.8. The third kappa shape index (κ3) is 4.89. The van der Waals surface area contributed by atoms with Crippen LogP contribution in [0.3, 0.4) is 0 Å². The second-order valence-electron chi connectivity index (χ2n) is 5.72. The molecule has 3 aromatic rings. The van der Waals surface area contributed by atoms with Gasteiger partial charge in [-0.1, -0.05) is 41.9 Å². The first-order valence-electron chi connectivity index (χ1n) is 7.99. The molecular weight excluding hydrogens is 381 g/mol. The normalized spacial score (nSPS) is 11.4. The van der Waals surface area contributed by atoms with Crippen LogP contribution in [0.15, 0.2) is 59.1 Å². The lowest BCUT2D eigenvalue weighted by Gasteiger charge is -2.14. The lowest BCUT2D eigenvalue weighted by Crippen LogP contribution is -2.17. The molecule has 1 aromatic heterocycles. The molecule has 3 rings (SSSR count). The van der Waals surface area contributed by atoms with E-state index in [1.165, 1.54) is 6.07 Å². The highest BCUT2D eigenvalue weighted by Crippen LogP contribution is 2.36. The van der Waals surface area contributed by atoms with Gasteiger partial charge < -0.3 is 9.73 Å². The molecule has 1 N–H and O–H groups in total. The Morgan fingerprint density at radius 1 is 1.15 bits per heavy atom. The topological polar surface area (TPSA) is 55.1 Å². The molecule has 8 heteroatoms. The Labute approximate surface area is 158 Å². The summed E-state index contributed by atoms with van der Waals surface area (Å²) in [6, 6.07) is 12.5. The predicted octanol–water partition coefficient (Wildman–Crippen LogP) is 5.59. The van der Waals surface area contributed by atoms with Gasteiger partial charge in [0.1, 0.15) is 0 Å². The Hall–Kier alpha value is -2.80. The largest absolute Gasteiger partial charge is 0.441 e. The Balaban J connectivity index is 1.64. The van der Waals surface area contributed by atoms with Gasteiger partial charge in [0.25, 0.3) is 0 Å². The molecule has 27 heavy (non-hydrogen) atoms. The van der Waals surface area contributed by atoms with Gasteiger partial charge in [0.2, 0.25) is 5.91 Å². The smallest absolute Gasteiger partial charge is 0.418 e. The van der Waals surface area contributed by atoms with Crippen molar-refractivity contribution >= 4 is 23.2 Å². The molecule has 0 atom stereocenters. The molecule has 1 amide bonds. The highest BCUT2D eigenvalue weighted by atomic mass is 35.5. The lowest BCUT2D eigenvalue weighted by molar-refractivity contribution is -0.137. The highest BCUT2D eigenvalue weighted by molar-refractivity contribution is 6.30. The zero-order valence-electron chi connectivity index (χ0n) is 13.9. The average molecular weight is 395 g/mol. The SMILES string of the molecule is O=C(CCc1ncc(-c2ccccc2)o1)Nc1ccc(Cl)cc1C(F)(F)F. The number of amides is 1. The van der Waals surface area contributed by atoms with Crippen LogP contribution in [0, 0.1) is 0 Å². The van der Waals surface area contributed by atoms with Gasteiger partial charge in [-0.3, -0.25) is 4.79 Å². The molecule has 0 saturated carbocycles. The number of aryl methyl sites for hydroxylation is 1. The molecule has 4 nitrogen and oxygen atoms in total. The number of carbonyl (C=O) groups excluding carboxylic acids is 1. The number of nitrogens with one attached hydrogen (secondary N) is 1. The Bertz CT molecular complexity index is 940. The average Bonchev–Trinajstić information content (AvgIpc) is 3.10. The Morgan fingerprint density at radius 2 is 1.89 bits per heavy atom. The van der Waals surface area contributed by atoms with Gasteiger partial charge in [0.05, 0.1) is 17.4 Å². The first kappa shape index (κ1) is 19.0. The molecular formula is C19H14ClF3N2O2. The van der Waals surface area contributed by atoms with Crippen LogP contribution in [0.5, 0.6) is 0 Å². The number of hydrogen-bond donors (Lipinski definition) is 1. The predicted molar refractivity (Wildman–Crippen MR) is 95.3 cm³/mol. The quantitative estimate of drug-likeness (QED) is 0.614. The van der Waals surface area contributed by atoms with Gasteiger partial charge in [0.15, 0.2) is 11.7 Å². The van der Waals surface area contributed by atoms with Crippen LogP contribution in [0.2, 0.25) is 5.02 Å². The van der Waals surface area contributed by atoms with Gasteiger partial charge in [-0.2, -0.15) is 13.2 Å². The number of benzene rings is 2. The van der Waals surface area contributed by atoms with Gasteiger partial charge in [0, 0.05) is 23.4 Å². The van der Waals surface area contributed by atoms with E-state index in [-0.39, 0.29) is 23.6 Å². The standard InChI is InChI=1S/C19H14ClF3N2O2/c20-13-6-7-15(14(10-13)19(21,22)23)25-17(26)8-9-18-24-11-16(27-18)12-4-2-1-3-5-12/h1-7,10-11H,8-9H2,(H,25,26). The number of oxazole rings is 1. The number of rotatable bonds is 5. The van der Waals surface area contributed by atoms with E-state index in [2.05, 4.69) is 10.3 Å². The van der Waals surface area contributed by atoms with Crippen molar-refractivity contribution < 1.29 is 22.4 Å². The van der Waals surface area contributed by atoms with Crippen molar-refractivity contribution in [3.63, 3.8) is 0 Å². The van der Waals surface area contributed by atoms with E-state index in [1.54, 1.807) is 6.20 Å². The number of aromatic nitrogens is 1. The summed E-state index contributed by atoms with van der Waals surface area (Å²) in [6.45, 7) is 0. The fourth-order valence-corrected chi connectivity index (χ4v) is 2.63. The number of hydrogen-bond acceptors (Lipinski definition) is 3. The van der Waals surface area contributed by atoms with Crippen LogP contribution in [0.25, 0.3) is 11.3 Å². The highest BCUT2D eigenvalue weighted by Gasteiger charge is 2.34. The van der Waals surface area contributed by atoms with Crippen LogP contribution in [0.1, 0.15) is 17.9 Å². The Kier molecular flexibility index (Phi) is 5.51. The third-order valence-electron chi connectivity index (χ3n) is 3.74. The van der Waals surface area contributed by atoms with Crippen LogP contribution in [0.4, 0.5) is 18.9 Å². The minimum absolute atomic E-state index is 0.0615. The fraction of sp³-hybridized carbons (Fsp3) is 0.158. The molecule has 2 aromatic carbocycles. The second-order valence-corrected chi connectivity index (χ2v) is 6.16. The van der Waals surface area contributed by atoms with Crippen molar-refractivity contribution in [3.8, 4) is 11.3 Å². The number of anilines is 1. The van der Waals surface area contributed by atoms with Crippen molar-refractivity contribution in [1.82, 2.24) is 4.98 Å². The van der Waals surface area contributed by atoms with Crippen LogP contribution in [-0.2, 0) is 17.4 Å². The molecule has 140 valence electrons. The van der Waals surface area contributed by atoms with Gasteiger partial charge >= 0.3 is 6.18 Å². The molecule has 0 aliphatic carbocycles. The third-order valence-corrected chi connectivity index (χ3v) is 3.97. The Morgan fingerprint density at radius 3 is 2.59 bits per heavy atom. The summed E-state index contributed by atoms with van der Waals surface area (Å²) in [5.74, 6) is 0.307. The summed E-state index contributed by atoms with van der Waals surface area (Å²) >= 11 is 5.62. The van der Waals surface area contributed by atoms with Crippen LogP contribution < -0.4 is 5.32 Å². The first-order valence-corrected chi connectivity index (χ1v) is 8.37. The molecule has 0 saturated heterocycles. The minimum Gasteiger partial charge on any atom is -0.441 e. The number of alkyl halides is 3. The molecule has 0 unspecified atom stereocenters. The monoisotopic (exact) mass is 394 g/mol. The summed E-state index contributed by atoms with van der Waals surface area (Å²) in [4.78, 5) is 16.1. The van der Waals surface area contributed by atoms with Crippen molar-refractivity contribution in [2.75, 3.05) is 5.32 Å². The van der Waals surface area contributed by atoms with Gasteiger partial charge in [-0.05, 0) is 18.2 Å². The van der Waals surface area contributed by atoms with E-state index in [4.69, 9.17) is 16.0 Å². The summed E-state index contributed by atoms with van der Waals surface area (Å²) in [7, 11) is 0. The first-order chi connectivity index (χ1) is 12.8. The molecule has 0 aliphatic rings. The van der Waals surface area contributed by atoms with E-state index in [1.807, 2.05) is 30.3 Å². The molecule has 0 radical (unpaired) electrons. The lowest BCUT2D eigenvalue weighted by atomic mass is 10.1. The second kappa shape index (κ2) is 7.84. The summed E-state index contributed by atoms with van der Waals surface area (Å²) in [5, 5.41) is 2.20. The van der Waals surface area contributed by atoms with Crippen molar-refractivity contribution in [1.29, 1.82) is 0 Å². The van der Waals surface area contributed by atoms with Gasteiger partial charge in [-0.15, -0.1) is 0 Å². The van der Waals surface area contributed by atoms with E-state index in [9.17, 15) is 18.0 Å². The van der Waals surface area contributed by atoms with E-state index in [0.29, 0.717) is 11.7 Å². The molecule has 1 heterocycles. The summed E-state index contributed by atoms with van der Waals surface area (Å²) in [6.07, 6.45) is -2.99. The van der Waals surface area contributed by atoms with E-state index in [0.717, 1.165) is 17.7 Å². The molecule has 0 bridgehead atoms. The molecule has 0 spiro atoms. The van der Waals surface area contributed by atoms with E-state index < -0.39 is 17.6 Å². The fourth-order valence-electron chi connectivity index (χ4n) is 2.45. The van der Waals surface area contributed by atoms with Crippen LogP contribution >= 0.6 is 11.6 Å². The van der Waals surface area contributed by atoms with Crippen molar-refractivity contribution in [2.45, 2.75) is 19.0 Å². The number of halogens is 4. The zero-order valence-corrected chi connectivity index (χ0v) is 14.6. The molecule has 0 fully saturated rings. The minimum atomic E-state index is -4.62. The maximum Gasteiger partial charge on any atom is 0.418 e. The maximum atomic E-state index is 13.1. The molecule has 0 aliphatic heterocycles. The summed E-state index contributed by atoms with van der Waals surface area (Å²) in [5.41, 5.74) is -0.489.